The van der Waals surface area contributed by atoms with E-state index >= 15 is 0 Å². The first-order valence-electron chi connectivity index (χ1n) is 5.67. The SMILES string of the molecule is O=C(Cn1cncn1)N[C@@H](C(=O)O)c1ccccc1Cl. The molecule has 8 heteroatoms. The lowest BCUT2D eigenvalue weighted by Crippen LogP contribution is -2.36. The summed E-state index contributed by atoms with van der Waals surface area (Å²) in [5.74, 6) is -1.69. The molecule has 0 bridgehead atoms. The number of benzene rings is 1. The standard InChI is InChI=1S/C12H11ClN4O3/c13-9-4-2-1-3-8(9)11(12(19)20)16-10(18)5-17-7-14-6-15-17/h1-4,6-7,11H,5H2,(H,16,18)(H,19,20)/t11-/m1/s1. The molecule has 1 heterocycles. The Bertz CT molecular complexity index is 615. The molecular weight excluding hydrogens is 284 g/mol. The average molecular weight is 295 g/mol. The Labute approximate surface area is 119 Å². The fraction of sp³-hybridized carbons (Fsp3) is 0.167. The van der Waals surface area contributed by atoms with Gasteiger partial charge in [0.1, 0.15) is 19.2 Å². The molecule has 2 rings (SSSR count). The van der Waals surface area contributed by atoms with Crippen LogP contribution in [0.4, 0.5) is 0 Å². The zero-order valence-corrected chi connectivity index (χ0v) is 11.0. The predicted molar refractivity (Wildman–Crippen MR) is 70.0 cm³/mol. The van der Waals surface area contributed by atoms with E-state index in [1.807, 2.05) is 0 Å². The second-order valence-corrected chi connectivity index (χ2v) is 4.36. The number of carboxylic acids is 1. The molecule has 0 saturated heterocycles. The van der Waals surface area contributed by atoms with E-state index in [-0.39, 0.29) is 11.6 Å². The van der Waals surface area contributed by atoms with Crippen LogP contribution in [0.25, 0.3) is 0 Å². The van der Waals surface area contributed by atoms with Crippen LogP contribution >= 0.6 is 11.6 Å². The van der Waals surface area contributed by atoms with Crippen molar-refractivity contribution >= 4 is 23.5 Å². The first-order valence-corrected chi connectivity index (χ1v) is 6.04. The number of carbonyl (C=O) groups excluding carboxylic acids is 1. The number of carboxylic acid groups (broad SMARTS) is 1. The fourth-order valence-electron chi connectivity index (χ4n) is 1.65. The van der Waals surface area contributed by atoms with Crippen molar-refractivity contribution in [2.75, 3.05) is 0 Å². The van der Waals surface area contributed by atoms with Crippen LogP contribution in [0.1, 0.15) is 11.6 Å². The van der Waals surface area contributed by atoms with Crippen molar-refractivity contribution in [2.24, 2.45) is 0 Å². The zero-order chi connectivity index (χ0) is 14.5. The number of hydrogen-bond acceptors (Lipinski definition) is 4. The first kappa shape index (κ1) is 14.0. The number of amides is 1. The number of carbonyl (C=O) groups is 2. The second-order valence-electron chi connectivity index (χ2n) is 3.95. The summed E-state index contributed by atoms with van der Waals surface area (Å²) in [5.41, 5.74) is 0.327. The van der Waals surface area contributed by atoms with Gasteiger partial charge in [-0.15, -0.1) is 0 Å². The maximum absolute atomic E-state index is 11.8. The van der Waals surface area contributed by atoms with Gasteiger partial charge in [0.15, 0.2) is 6.04 Å². The third-order valence-corrected chi connectivity index (χ3v) is 2.88. The van der Waals surface area contributed by atoms with E-state index in [1.54, 1.807) is 24.3 Å². The third-order valence-electron chi connectivity index (χ3n) is 2.54. The highest BCUT2D eigenvalue weighted by Gasteiger charge is 2.24. The molecule has 104 valence electrons. The van der Waals surface area contributed by atoms with Crippen LogP contribution in [0.2, 0.25) is 5.02 Å². The summed E-state index contributed by atoms with van der Waals surface area (Å²) in [6.07, 6.45) is 2.65. The highest BCUT2D eigenvalue weighted by atomic mass is 35.5. The smallest absolute Gasteiger partial charge is 0.330 e. The quantitative estimate of drug-likeness (QED) is 0.853. The molecule has 0 unspecified atom stereocenters. The molecule has 2 aromatic rings. The lowest BCUT2D eigenvalue weighted by atomic mass is 10.1. The van der Waals surface area contributed by atoms with Gasteiger partial charge in [0, 0.05) is 10.6 Å². The van der Waals surface area contributed by atoms with Gasteiger partial charge in [-0.2, -0.15) is 5.10 Å². The molecule has 1 aromatic carbocycles. The second kappa shape index (κ2) is 6.16. The number of hydrogen-bond donors (Lipinski definition) is 2. The third kappa shape index (κ3) is 3.33. The summed E-state index contributed by atoms with van der Waals surface area (Å²) in [4.78, 5) is 26.8. The minimum absolute atomic E-state index is 0.117. The van der Waals surface area contributed by atoms with Crippen molar-refractivity contribution in [3.05, 3.63) is 47.5 Å². The van der Waals surface area contributed by atoms with Crippen LogP contribution in [0.15, 0.2) is 36.9 Å². The topological polar surface area (TPSA) is 97.1 Å². The summed E-state index contributed by atoms with van der Waals surface area (Å²) in [6, 6.07) is 5.25. The van der Waals surface area contributed by atoms with E-state index in [9.17, 15) is 14.7 Å². The Morgan fingerprint density at radius 3 is 2.75 bits per heavy atom. The first-order chi connectivity index (χ1) is 9.58. The molecule has 7 nitrogen and oxygen atoms in total. The number of rotatable bonds is 5. The minimum Gasteiger partial charge on any atom is -0.479 e. The van der Waals surface area contributed by atoms with E-state index in [0.29, 0.717) is 5.56 Å². The highest BCUT2D eigenvalue weighted by Crippen LogP contribution is 2.22. The summed E-state index contributed by atoms with van der Waals surface area (Å²) in [6.45, 7) is -0.117. The van der Waals surface area contributed by atoms with Crippen LogP contribution in [-0.2, 0) is 16.1 Å². The van der Waals surface area contributed by atoms with Gasteiger partial charge in [-0.25, -0.2) is 14.5 Å². The summed E-state index contributed by atoms with van der Waals surface area (Å²) < 4.78 is 1.29. The molecule has 0 aliphatic heterocycles. The molecule has 0 saturated carbocycles. The van der Waals surface area contributed by atoms with Crippen LogP contribution < -0.4 is 5.32 Å². The average Bonchev–Trinajstić information content (AvgIpc) is 2.89. The van der Waals surface area contributed by atoms with Crippen molar-refractivity contribution in [1.82, 2.24) is 20.1 Å². The molecular formula is C12H11ClN4O3. The van der Waals surface area contributed by atoms with E-state index < -0.39 is 17.9 Å². The van der Waals surface area contributed by atoms with Crippen molar-refractivity contribution in [3.8, 4) is 0 Å². The Kier molecular flexibility index (Phi) is 4.31. The van der Waals surface area contributed by atoms with Crippen molar-refractivity contribution in [3.63, 3.8) is 0 Å². The van der Waals surface area contributed by atoms with Gasteiger partial charge in [0.25, 0.3) is 0 Å². The van der Waals surface area contributed by atoms with Gasteiger partial charge in [0.2, 0.25) is 5.91 Å². The summed E-state index contributed by atoms with van der Waals surface area (Å²) >= 11 is 5.95. The predicted octanol–water partition coefficient (Wildman–Crippen LogP) is 0.874. The molecule has 1 amide bonds. The molecule has 0 aliphatic carbocycles. The molecule has 20 heavy (non-hydrogen) atoms. The Balaban J connectivity index is 2.12. The number of nitrogens with zero attached hydrogens (tertiary/aromatic N) is 3. The molecule has 0 aliphatic rings. The fourth-order valence-corrected chi connectivity index (χ4v) is 1.89. The lowest BCUT2D eigenvalue weighted by Gasteiger charge is -2.16. The van der Waals surface area contributed by atoms with Gasteiger partial charge in [-0.1, -0.05) is 29.8 Å². The molecule has 0 radical (unpaired) electrons. The van der Waals surface area contributed by atoms with Crippen LogP contribution in [0.5, 0.6) is 0 Å². The van der Waals surface area contributed by atoms with Gasteiger partial charge in [-0.05, 0) is 6.07 Å². The number of aliphatic carboxylic acids is 1. The van der Waals surface area contributed by atoms with Crippen LogP contribution in [-0.4, -0.2) is 31.7 Å². The van der Waals surface area contributed by atoms with Crippen molar-refractivity contribution < 1.29 is 14.7 Å². The van der Waals surface area contributed by atoms with Crippen LogP contribution in [0.3, 0.4) is 0 Å². The maximum atomic E-state index is 11.8. The van der Waals surface area contributed by atoms with Crippen LogP contribution in [0, 0.1) is 0 Å². The van der Waals surface area contributed by atoms with E-state index in [2.05, 4.69) is 15.4 Å². The summed E-state index contributed by atoms with van der Waals surface area (Å²) in [7, 11) is 0. The Morgan fingerprint density at radius 1 is 1.40 bits per heavy atom. The number of aromatic nitrogens is 3. The molecule has 1 atom stereocenters. The largest absolute Gasteiger partial charge is 0.479 e. The van der Waals surface area contributed by atoms with E-state index in [4.69, 9.17) is 11.6 Å². The van der Waals surface area contributed by atoms with Crippen molar-refractivity contribution in [1.29, 1.82) is 0 Å². The van der Waals surface area contributed by atoms with Crippen molar-refractivity contribution in [2.45, 2.75) is 12.6 Å². The molecule has 0 spiro atoms. The van der Waals surface area contributed by atoms with E-state index in [1.165, 1.54) is 17.3 Å². The van der Waals surface area contributed by atoms with Gasteiger partial charge in [0.05, 0.1) is 0 Å². The van der Waals surface area contributed by atoms with Gasteiger partial charge in [-0.3, -0.25) is 4.79 Å². The minimum atomic E-state index is -1.21. The van der Waals surface area contributed by atoms with E-state index in [0.717, 1.165) is 0 Å². The monoisotopic (exact) mass is 294 g/mol. The zero-order valence-electron chi connectivity index (χ0n) is 10.2. The number of nitrogens with one attached hydrogen (secondary N) is 1. The van der Waals surface area contributed by atoms with Gasteiger partial charge >= 0.3 is 5.97 Å². The molecule has 1 aromatic heterocycles. The number of halogens is 1. The normalized spacial score (nSPS) is 11.8. The van der Waals surface area contributed by atoms with Gasteiger partial charge < -0.3 is 10.4 Å². The highest BCUT2D eigenvalue weighted by molar-refractivity contribution is 6.31. The lowest BCUT2D eigenvalue weighted by molar-refractivity contribution is -0.142. The Morgan fingerprint density at radius 2 is 2.15 bits per heavy atom. The summed E-state index contributed by atoms with van der Waals surface area (Å²) in [5, 5.41) is 15.7. The molecule has 0 fully saturated rings. The molecule has 2 N–H and O–H groups in total. The Hall–Kier alpha value is -2.41. The maximum Gasteiger partial charge on any atom is 0.330 e.